The molecule has 5 aliphatic carbocycles. The standard InChI is InChI=1S/C109H103NO2/c1-14-16-18-20-32-58-109(59-33-21-19-17-15-2)84-39-27-22-34-73(84)76-55-50-70(62-90(76)109)69-49-54-75-74-53-48-68(60-86(74)105(6,7)87(75)61-69)66-44-46-67(47-45-66)82-65-91-95(97-80-36-24-30-42-93(80)111-102(82)97)78-56-51-71(63-88(78)106(91,8)9)110(92-41-29-28-40-85(92)104(3,4)5)72-52-57-79-89(64-72)108(12,13)101-99(79)103-98(81-37-25-31-43-94(81)112-103)96-77-35-23-26-38-83(77)107(10,11)100(96)101/h22-31,34-57,60-65H,14-21,32-33,58-59H2,1-13H3. The molecule has 0 bridgehead atoms. The van der Waals surface area contributed by atoms with E-state index in [9.17, 15) is 0 Å². The Kier molecular flexibility index (Phi) is 16.1. The highest BCUT2D eigenvalue weighted by Gasteiger charge is 2.50. The van der Waals surface area contributed by atoms with Crippen molar-refractivity contribution in [2.75, 3.05) is 4.90 Å². The van der Waals surface area contributed by atoms with Gasteiger partial charge in [0.05, 0.1) is 0 Å². The Balaban J connectivity index is 0.647. The molecule has 0 spiro atoms. The van der Waals surface area contributed by atoms with Gasteiger partial charge in [-0.3, -0.25) is 0 Å². The SMILES string of the molecule is CCCCCCCC1(CCCCCCC)c2ccccc2-c2ccc(-c3ccc4c(c3)C(C)(C)c3cc(-c5ccc(-c6cc7c(c8c6oc6ccccc68)-c6ccc(N(c8ccc9c(c8)C(C)(C)c8c%10c(c%11c(oc%12ccccc%12%11)c8-9)-c8ccccc8C%10(C)C)c8ccccc8C(C)(C)C)cc6C7(C)C)cc5)ccc3-4)cc21. The fourth-order valence-electron chi connectivity index (χ4n) is 22.1. The molecule has 0 fully saturated rings. The second-order valence-electron chi connectivity index (χ2n) is 36.9. The van der Waals surface area contributed by atoms with Gasteiger partial charge in [-0.2, -0.15) is 0 Å². The minimum Gasteiger partial charge on any atom is -0.455 e. The van der Waals surface area contributed by atoms with E-state index >= 15 is 0 Å². The van der Waals surface area contributed by atoms with Crippen LogP contribution in [0.4, 0.5) is 17.1 Å². The first kappa shape index (κ1) is 70.4. The largest absolute Gasteiger partial charge is 0.455 e. The molecule has 3 nitrogen and oxygen atoms in total. The predicted molar refractivity (Wildman–Crippen MR) is 474 cm³/mol. The lowest BCUT2D eigenvalue weighted by atomic mass is 9.70. The number of fused-ring (bicyclic) bond motifs is 25. The van der Waals surface area contributed by atoms with Gasteiger partial charge in [0.25, 0.3) is 0 Å². The minimum absolute atomic E-state index is 0.0435. The molecule has 0 atom stereocenters. The summed E-state index contributed by atoms with van der Waals surface area (Å²) in [5.41, 5.74) is 41.7. The molecule has 112 heavy (non-hydrogen) atoms. The highest BCUT2D eigenvalue weighted by Crippen LogP contribution is 2.65. The van der Waals surface area contributed by atoms with Crippen LogP contribution in [0.3, 0.4) is 0 Å². The molecule has 0 amide bonds. The summed E-state index contributed by atoms with van der Waals surface area (Å²) in [6, 6.07) is 93.7. The number of rotatable bonds is 18. The smallest absolute Gasteiger partial charge is 0.144 e. The molecule has 13 aromatic carbocycles. The van der Waals surface area contributed by atoms with Crippen LogP contribution in [0.25, 0.3) is 133 Å². The van der Waals surface area contributed by atoms with Crippen molar-refractivity contribution in [2.45, 2.75) is 200 Å². The fraction of sp³-hybridized carbons (Fsp3) is 0.284. The highest BCUT2D eigenvalue weighted by molar-refractivity contribution is 6.22. The van der Waals surface area contributed by atoms with Crippen LogP contribution in [0.15, 0.2) is 251 Å². The first-order valence-corrected chi connectivity index (χ1v) is 42.1. The molecule has 0 saturated carbocycles. The number of unbranched alkanes of at least 4 members (excludes halogenated alkanes) is 8. The molecule has 0 saturated heterocycles. The van der Waals surface area contributed by atoms with Crippen LogP contribution in [0.2, 0.25) is 0 Å². The van der Waals surface area contributed by atoms with Crippen LogP contribution < -0.4 is 4.90 Å². The molecular weight excluding hydrogens is 1360 g/mol. The molecule has 5 aliphatic rings. The topological polar surface area (TPSA) is 29.5 Å². The Morgan fingerprint density at radius 3 is 1.34 bits per heavy atom. The van der Waals surface area contributed by atoms with Gasteiger partial charge in [-0.05, 0) is 224 Å². The van der Waals surface area contributed by atoms with Crippen molar-refractivity contribution < 1.29 is 8.83 Å². The van der Waals surface area contributed by atoms with E-state index in [0.717, 1.165) is 50.2 Å². The third-order valence-electron chi connectivity index (χ3n) is 27.8. The maximum absolute atomic E-state index is 7.17. The second-order valence-corrected chi connectivity index (χ2v) is 36.9. The minimum atomic E-state index is -0.392. The maximum atomic E-state index is 7.17. The normalized spacial score (nSPS) is 15.6. The van der Waals surface area contributed by atoms with E-state index in [2.05, 4.69) is 338 Å². The number of benzene rings is 13. The van der Waals surface area contributed by atoms with E-state index in [1.165, 1.54) is 227 Å². The van der Waals surface area contributed by atoms with Crippen LogP contribution in [0.1, 0.15) is 228 Å². The molecule has 3 heteroatoms. The quantitative estimate of drug-likeness (QED) is 0.0802. The number of furan rings is 2. The summed E-state index contributed by atoms with van der Waals surface area (Å²) in [6.07, 6.45) is 15.5. The number of hydrogen-bond acceptors (Lipinski definition) is 3. The van der Waals surface area contributed by atoms with Gasteiger partial charge < -0.3 is 13.7 Å². The predicted octanol–water partition coefficient (Wildman–Crippen LogP) is 31.5. The summed E-state index contributed by atoms with van der Waals surface area (Å²) < 4.78 is 14.3. The van der Waals surface area contributed by atoms with Gasteiger partial charge in [0.1, 0.15) is 22.3 Å². The van der Waals surface area contributed by atoms with Crippen LogP contribution in [0.5, 0.6) is 0 Å². The Morgan fingerprint density at radius 2 is 0.723 bits per heavy atom. The third-order valence-corrected chi connectivity index (χ3v) is 27.8. The van der Waals surface area contributed by atoms with Gasteiger partial charge in [0, 0.05) is 76.8 Å². The van der Waals surface area contributed by atoms with Crippen LogP contribution in [-0.2, 0) is 32.5 Å². The van der Waals surface area contributed by atoms with E-state index < -0.39 is 5.41 Å². The maximum Gasteiger partial charge on any atom is 0.144 e. The third kappa shape index (κ3) is 10.3. The Morgan fingerprint density at radius 1 is 0.304 bits per heavy atom. The average Bonchev–Trinajstić information content (AvgIpc) is 1.50. The average molecular weight is 1460 g/mol. The molecule has 0 aliphatic heterocycles. The highest BCUT2D eigenvalue weighted by atomic mass is 16.3. The molecule has 2 aromatic heterocycles. The van der Waals surface area contributed by atoms with E-state index in [4.69, 9.17) is 8.83 Å². The van der Waals surface area contributed by atoms with Crippen molar-refractivity contribution in [3.05, 3.63) is 304 Å². The van der Waals surface area contributed by atoms with Gasteiger partial charge in [-0.25, -0.2) is 0 Å². The first-order valence-electron chi connectivity index (χ1n) is 42.1. The lowest BCUT2D eigenvalue weighted by Gasteiger charge is -2.34. The van der Waals surface area contributed by atoms with Crippen LogP contribution in [-0.4, -0.2) is 0 Å². The van der Waals surface area contributed by atoms with E-state index in [0.29, 0.717) is 0 Å². The van der Waals surface area contributed by atoms with Gasteiger partial charge in [-0.1, -0.05) is 330 Å². The molecule has 2 heterocycles. The summed E-state index contributed by atoms with van der Waals surface area (Å²) in [4.78, 5) is 2.57. The lowest BCUT2D eigenvalue weighted by molar-refractivity contribution is 0.399. The lowest BCUT2D eigenvalue weighted by Crippen LogP contribution is -2.25. The number of para-hydroxylation sites is 3. The van der Waals surface area contributed by atoms with Crippen molar-refractivity contribution in [1.82, 2.24) is 0 Å². The number of nitrogens with zero attached hydrogens (tertiary/aromatic N) is 1. The Labute approximate surface area is 662 Å². The van der Waals surface area contributed by atoms with Gasteiger partial charge in [-0.15, -0.1) is 0 Å². The van der Waals surface area contributed by atoms with Crippen molar-refractivity contribution in [3.63, 3.8) is 0 Å². The zero-order chi connectivity index (χ0) is 76.7. The van der Waals surface area contributed by atoms with Crippen LogP contribution >= 0.6 is 0 Å². The van der Waals surface area contributed by atoms with E-state index in [-0.39, 0.29) is 27.1 Å². The van der Waals surface area contributed by atoms with Gasteiger partial charge in [0.2, 0.25) is 0 Å². The summed E-state index contributed by atoms with van der Waals surface area (Å²) in [6.45, 7) is 31.3. The van der Waals surface area contributed by atoms with Crippen molar-refractivity contribution in [1.29, 1.82) is 0 Å². The van der Waals surface area contributed by atoms with Gasteiger partial charge in [0.15, 0.2) is 0 Å². The molecule has 15 aromatic rings. The summed E-state index contributed by atoms with van der Waals surface area (Å²) in [5.74, 6) is 0. The summed E-state index contributed by atoms with van der Waals surface area (Å²) >= 11 is 0. The van der Waals surface area contributed by atoms with Crippen molar-refractivity contribution >= 4 is 60.9 Å². The molecule has 20 rings (SSSR count). The molecule has 556 valence electrons. The van der Waals surface area contributed by atoms with Crippen LogP contribution in [0, 0.1) is 0 Å². The van der Waals surface area contributed by atoms with Crippen molar-refractivity contribution in [3.8, 4) is 89.0 Å². The number of hydrogen-bond donors (Lipinski definition) is 0. The van der Waals surface area contributed by atoms with E-state index in [1.807, 2.05) is 0 Å². The Bertz CT molecular complexity index is 6390. The Hall–Kier alpha value is -10.7. The monoisotopic (exact) mass is 1460 g/mol. The van der Waals surface area contributed by atoms with E-state index in [1.54, 1.807) is 11.1 Å². The first-order chi connectivity index (χ1) is 54.1. The molecule has 0 N–H and O–H groups in total. The second kappa shape index (κ2) is 25.6. The fourth-order valence-corrected chi connectivity index (χ4v) is 22.1. The van der Waals surface area contributed by atoms with Crippen molar-refractivity contribution in [2.24, 2.45) is 0 Å². The zero-order valence-electron chi connectivity index (χ0n) is 67.8. The molecular formula is C109H103NO2. The summed E-state index contributed by atoms with van der Waals surface area (Å²) in [7, 11) is 0. The molecule has 0 radical (unpaired) electrons. The summed E-state index contributed by atoms with van der Waals surface area (Å²) in [5, 5.41) is 4.72. The van der Waals surface area contributed by atoms with Gasteiger partial charge >= 0.3 is 0 Å². The molecule has 0 unspecified atom stereocenters. The zero-order valence-corrected chi connectivity index (χ0v) is 67.8. The number of anilines is 3.